The van der Waals surface area contributed by atoms with E-state index in [1.54, 1.807) is 25.3 Å². The number of ether oxygens (including phenoxy) is 3. The van der Waals surface area contributed by atoms with Gasteiger partial charge in [-0.3, -0.25) is 0 Å². The number of rotatable bonds is 3. The fourth-order valence-corrected chi connectivity index (χ4v) is 1.85. The second-order valence-corrected chi connectivity index (χ2v) is 4.17. The molecular formula is C13H17NO4. The number of nitrogens with two attached hydrogens (primary N) is 1. The molecule has 0 amide bonds. The molecule has 1 aromatic rings. The minimum Gasteiger partial charge on any atom is -0.497 e. The third kappa shape index (κ3) is 2.92. The molecular weight excluding hydrogens is 234 g/mol. The minimum absolute atomic E-state index is 0.0862. The van der Waals surface area contributed by atoms with Gasteiger partial charge in [0.1, 0.15) is 11.9 Å². The summed E-state index contributed by atoms with van der Waals surface area (Å²) in [6.07, 6.45) is 1.38. The van der Waals surface area contributed by atoms with Gasteiger partial charge in [0.15, 0.2) is 0 Å². The molecule has 0 aromatic heterocycles. The van der Waals surface area contributed by atoms with E-state index in [9.17, 15) is 4.79 Å². The van der Waals surface area contributed by atoms with E-state index in [1.165, 1.54) is 0 Å². The maximum Gasteiger partial charge on any atom is 0.340 e. The van der Waals surface area contributed by atoms with Crippen molar-refractivity contribution in [2.45, 2.75) is 18.9 Å². The summed E-state index contributed by atoms with van der Waals surface area (Å²) in [5.74, 6) is 0.182. The monoisotopic (exact) mass is 251 g/mol. The molecule has 0 unspecified atom stereocenters. The Bertz CT molecular complexity index is 427. The molecule has 0 radical (unpaired) electrons. The number of carbonyl (C=O) groups excluding carboxylic acids is 1. The molecule has 1 aromatic carbocycles. The van der Waals surface area contributed by atoms with Crippen molar-refractivity contribution in [3.05, 3.63) is 23.8 Å². The van der Waals surface area contributed by atoms with E-state index in [4.69, 9.17) is 19.9 Å². The maximum atomic E-state index is 12.0. The Kier molecular flexibility index (Phi) is 4.04. The molecule has 1 aliphatic rings. The Morgan fingerprint density at radius 1 is 1.39 bits per heavy atom. The van der Waals surface area contributed by atoms with E-state index in [0.29, 0.717) is 30.2 Å². The lowest BCUT2D eigenvalue weighted by atomic mass is 10.1. The molecule has 0 aliphatic carbocycles. The average Bonchev–Trinajstić information content (AvgIpc) is 2.40. The van der Waals surface area contributed by atoms with Crippen molar-refractivity contribution >= 4 is 11.7 Å². The molecule has 1 aliphatic heterocycles. The largest absolute Gasteiger partial charge is 0.497 e. The van der Waals surface area contributed by atoms with Crippen molar-refractivity contribution in [3.63, 3.8) is 0 Å². The van der Waals surface area contributed by atoms with E-state index in [-0.39, 0.29) is 6.10 Å². The molecule has 0 atom stereocenters. The van der Waals surface area contributed by atoms with Crippen LogP contribution in [0.4, 0.5) is 5.69 Å². The van der Waals surface area contributed by atoms with E-state index in [2.05, 4.69) is 0 Å². The number of hydrogen-bond donors (Lipinski definition) is 1. The van der Waals surface area contributed by atoms with Crippen LogP contribution in [0.1, 0.15) is 23.2 Å². The summed E-state index contributed by atoms with van der Waals surface area (Å²) in [6.45, 7) is 1.26. The molecule has 1 fully saturated rings. The first-order valence-electron chi connectivity index (χ1n) is 5.93. The number of hydrogen-bond acceptors (Lipinski definition) is 5. The van der Waals surface area contributed by atoms with Crippen LogP contribution in [0.15, 0.2) is 18.2 Å². The molecule has 5 nitrogen and oxygen atoms in total. The second kappa shape index (κ2) is 5.73. The molecule has 1 heterocycles. The number of nitrogen functional groups attached to an aromatic ring is 1. The van der Waals surface area contributed by atoms with Gasteiger partial charge >= 0.3 is 5.97 Å². The SMILES string of the molecule is COc1ccc(N)c(C(=O)OC2CCOCC2)c1. The smallest absolute Gasteiger partial charge is 0.340 e. The fourth-order valence-electron chi connectivity index (χ4n) is 1.85. The standard InChI is InChI=1S/C13H17NO4/c1-16-10-2-3-12(14)11(8-10)13(15)18-9-4-6-17-7-5-9/h2-3,8-9H,4-7,14H2,1H3. The zero-order chi connectivity index (χ0) is 13.0. The van der Waals surface area contributed by atoms with Crippen LogP contribution >= 0.6 is 0 Å². The Labute approximate surface area is 106 Å². The number of anilines is 1. The van der Waals surface area contributed by atoms with Gasteiger partial charge in [0.2, 0.25) is 0 Å². The van der Waals surface area contributed by atoms with Crippen molar-refractivity contribution in [1.82, 2.24) is 0 Å². The van der Waals surface area contributed by atoms with Crippen LogP contribution in [0, 0.1) is 0 Å². The van der Waals surface area contributed by atoms with Crippen molar-refractivity contribution in [2.75, 3.05) is 26.1 Å². The molecule has 18 heavy (non-hydrogen) atoms. The van der Waals surface area contributed by atoms with Gasteiger partial charge in [0, 0.05) is 18.5 Å². The molecule has 1 saturated heterocycles. The van der Waals surface area contributed by atoms with Gasteiger partial charge in [-0.05, 0) is 18.2 Å². The lowest BCUT2D eigenvalue weighted by Gasteiger charge is -2.22. The van der Waals surface area contributed by atoms with Crippen molar-refractivity contribution in [1.29, 1.82) is 0 Å². The van der Waals surface area contributed by atoms with Crippen LogP contribution in [0.5, 0.6) is 5.75 Å². The lowest BCUT2D eigenvalue weighted by molar-refractivity contribution is -0.0158. The van der Waals surface area contributed by atoms with Crippen molar-refractivity contribution in [3.8, 4) is 5.75 Å². The Balaban J connectivity index is 2.07. The first kappa shape index (κ1) is 12.7. The van der Waals surface area contributed by atoms with Gasteiger partial charge in [-0.15, -0.1) is 0 Å². The van der Waals surface area contributed by atoms with Crippen molar-refractivity contribution < 1.29 is 19.0 Å². The molecule has 2 N–H and O–H groups in total. The number of carbonyl (C=O) groups is 1. The van der Waals surface area contributed by atoms with Crippen LogP contribution in [0.2, 0.25) is 0 Å². The van der Waals surface area contributed by atoms with Crippen LogP contribution in [0.25, 0.3) is 0 Å². The highest BCUT2D eigenvalue weighted by Gasteiger charge is 2.20. The van der Waals surface area contributed by atoms with Gasteiger partial charge in [0.25, 0.3) is 0 Å². The molecule has 2 rings (SSSR count). The highest BCUT2D eigenvalue weighted by Crippen LogP contribution is 2.22. The normalized spacial score (nSPS) is 16.3. The zero-order valence-electron chi connectivity index (χ0n) is 10.3. The molecule has 0 spiro atoms. The van der Waals surface area contributed by atoms with Gasteiger partial charge in [-0.1, -0.05) is 0 Å². The second-order valence-electron chi connectivity index (χ2n) is 4.17. The molecule has 0 bridgehead atoms. The average molecular weight is 251 g/mol. The zero-order valence-corrected chi connectivity index (χ0v) is 10.3. The summed E-state index contributed by atoms with van der Waals surface area (Å²) in [6, 6.07) is 4.94. The number of esters is 1. The number of benzene rings is 1. The summed E-state index contributed by atoms with van der Waals surface area (Å²) in [4.78, 5) is 12.0. The fraction of sp³-hybridized carbons (Fsp3) is 0.462. The summed E-state index contributed by atoms with van der Waals surface area (Å²) in [5.41, 5.74) is 6.51. The topological polar surface area (TPSA) is 70.8 Å². The summed E-state index contributed by atoms with van der Waals surface area (Å²) in [5, 5.41) is 0. The summed E-state index contributed by atoms with van der Waals surface area (Å²) >= 11 is 0. The van der Waals surface area contributed by atoms with Gasteiger partial charge in [-0.25, -0.2) is 4.79 Å². The molecule has 5 heteroatoms. The predicted octanol–water partition coefficient (Wildman–Crippen LogP) is 1.61. The maximum absolute atomic E-state index is 12.0. The number of methoxy groups -OCH3 is 1. The summed E-state index contributed by atoms with van der Waals surface area (Å²) in [7, 11) is 1.54. The first-order valence-corrected chi connectivity index (χ1v) is 5.93. The third-order valence-corrected chi connectivity index (χ3v) is 2.92. The van der Waals surface area contributed by atoms with Crippen molar-refractivity contribution in [2.24, 2.45) is 0 Å². The quantitative estimate of drug-likeness (QED) is 0.653. The minimum atomic E-state index is -0.404. The first-order chi connectivity index (χ1) is 8.70. The van der Waals surface area contributed by atoms with E-state index < -0.39 is 5.97 Å². The van der Waals surface area contributed by atoms with Gasteiger partial charge in [-0.2, -0.15) is 0 Å². The molecule has 0 saturated carbocycles. The van der Waals surface area contributed by atoms with E-state index in [1.807, 2.05) is 0 Å². The van der Waals surface area contributed by atoms with Gasteiger partial charge < -0.3 is 19.9 Å². The highest BCUT2D eigenvalue weighted by molar-refractivity contribution is 5.95. The Morgan fingerprint density at radius 2 is 2.11 bits per heavy atom. The lowest BCUT2D eigenvalue weighted by Crippen LogP contribution is -2.26. The Hall–Kier alpha value is -1.75. The van der Waals surface area contributed by atoms with Crippen LogP contribution in [0.3, 0.4) is 0 Å². The van der Waals surface area contributed by atoms with Crippen LogP contribution < -0.4 is 10.5 Å². The van der Waals surface area contributed by atoms with Crippen LogP contribution in [-0.2, 0) is 9.47 Å². The third-order valence-electron chi connectivity index (χ3n) is 2.92. The van der Waals surface area contributed by atoms with E-state index >= 15 is 0 Å². The molecule has 98 valence electrons. The Morgan fingerprint density at radius 3 is 2.78 bits per heavy atom. The highest BCUT2D eigenvalue weighted by atomic mass is 16.6. The van der Waals surface area contributed by atoms with E-state index in [0.717, 1.165) is 12.8 Å². The van der Waals surface area contributed by atoms with Crippen LogP contribution in [-0.4, -0.2) is 32.4 Å². The van der Waals surface area contributed by atoms with Gasteiger partial charge in [0.05, 0.1) is 25.9 Å². The summed E-state index contributed by atoms with van der Waals surface area (Å²) < 4.78 is 15.7. The predicted molar refractivity (Wildman–Crippen MR) is 66.7 cm³/mol.